The van der Waals surface area contributed by atoms with E-state index in [9.17, 15) is 23.2 Å². The largest absolute Gasteiger partial charge is 0.342 e. The normalized spacial score (nSPS) is 21.0. The molecule has 0 bridgehead atoms. The number of aromatic nitrogens is 2. The van der Waals surface area contributed by atoms with E-state index in [0.29, 0.717) is 11.9 Å². The van der Waals surface area contributed by atoms with Crippen LogP contribution in [-0.4, -0.2) is 34.9 Å². The van der Waals surface area contributed by atoms with E-state index in [-0.39, 0.29) is 23.5 Å². The highest BCUT2D eigenvalue weighted by Crippen LogP contribution is 2.31. The number of aromatic amines is 1. The number of piperidine rings is 1. The van der Waals surface area contributed by atoms with E-state index in [4.69, 9.17) is 0 Å². The first-order chi connectivity index (χ1) is 14.3. The molecule has 0 saturated carbocycles. The van der Waals surface area contributed by atoms with Gasteiger partial charge in [0.2, 0.25) is 17.8 Å². The van der Waals surface area contributed by atoms with Crippen LogP contribution in [-0.2, 0) is 9.59 Å². The average Bonchev–Trinajstić information content (AvgIpc) is 2.69. The van der Waals surface area contributed by atoms with Crippen molar-refractivity contribution in [3.8, 4) is 0 Å². The van der Waals surface area contributed by atoms with Crippen LogP contribution < -0.4 is 21.1 Å². The number of hydrogen-bond donors (Lipinski definition) is 3. The van der Waals surface area contributed by atoms with E-state index in [1.165, 1.54) is 6.07 Å². The molecule has 1 fully saturated rings. The maximum absolute atomic E-state index is 13.4. The standard InChI is InChI=1S/C20H21F2N5O3/c1-10-3-2-6-27(9-10)20-25-17-16(19(30)26-20)12(8-15(28)24-17)18(29)23-11-4-5-13(21)14(22)7-11/h4-5,7,10,12H,2-3,6,8-9H2,1H3,(H,23,29)(H2,24,25,26,28,30)/t10-,12+/m0/s1. The predicted molar refractivity (Wildman–Crippen MR) is 106 cm³/mol. The number of carbonyl (C=O) groups excluding carboxylic acids is 2. The minimum absolute atomic E-state index is 0.0229. The molecule has 2 aliphatic heterocycles. The van der Waals surface area contributed by atoms with Gasteiger partial charge >= 0.3 is 0 Å². The molecular formula is C20H21F2N5O3. The van der Waals surface area contributed by atoms with Crippen molar-refractivity contribution >= 4 is 29.3 Å². The summed E-state index contributed by atoms with van der Waals surface area (Å²) in [6.45, 7) is 3.58. The van der Waals surface area contributed by atoms with Crippen LogP contribution in [0, 0.1) is 17.6 Å². The number of carbonyl (C=O) groups is 2. The SMILES string of the molecule is C[C@H]1CCCN(c2nc3c(c(=O)[nH]2)[C@H](C(=O)Nc2ccc(F)c(F)c2)CC(=O)N3)C1. The van der Waals surface area contributed by atoms with Crippen LogP contribution in [0.2, 0.25) is 0 Å². The van der Waals surface area contributed by atoms with E-state index >= 15 is 0 Å². The van der Waals surface area contributed by atoms with E-state index in [1.54, 1.807) is 0 Å². The Balaban J connectivity index is 1.64. The van der Waals surface area contributed by atoms with Crippen LogP contribution in [0.1, 0.15) is 37.7 Å². The van der Waals surface area contributed by atoms with Gasteiger partial charge in [0.1, 0.15) is 5.82 Å². The number of rotatable bonds is 3. The van der Waals surface area contributed by atoms with Crippen molar-refractivity contribution in [1.82, 2.24) is 9.97 Å². The third-order valence-corrected chi connectivity index (χ3v) is 5.40. The average molecular weight is 417 g/mol. The van der Waals surface area contributed by atoms with Gasteiger partial charge in [0.25, 0.3) is 5.56 Å². The lowest BCUT2D eigenvalue weighted by Gasteiger charge is -2.32. The van der Waals surface area contributed by atoms with Crippen molar-refractivity contribution in [2.75, 3.05) is 28.6 Å². The van der Waals surface area contributed by atoms with E-state index < -0.39 is 34.9 Å². The number of fused-ring (bicyclic) bond motifs is 1. The van der Waals surface area contributed by atoms with E-state index in [1.807, 2.05) is 4.90 Å². The van der Waals surface area contributed by atoms with Gasteiger partial charge in [-0.25, -0.2) is 8.78 Å². The molecule has 4 rings (SSSR count). The molecule has 3 N–H and O–H groups in total. The second-order valence-electron chi connectivity index (χ2n) is 7.77. The van der Waals surface area contributed by atoms with Crippen LogP contribution in [0.3, 0.4) is 0 Å². The fourth-order valence-electron chi connectivity index (χ4n) is 3.92. The first kappa shape index (κ1) is 20.0. The molecule has 0 unspecified atom stereocenters. The van der Waals surface area contributed by atoms with Crippen molar-refractivity contribution in [3.05, 3.63) is 45.8 Å². The summed E-state index contributed by atoms with van der Waals surface area (Å²) in [7, 11) is 0. The molecule has 3 heterocycles. The van der Waals surface area contributed by atoms with Crippen molar-refractivity contribution < 1.29 is 18.4 Å². The zero-order chi connectivity index (χ0) is 21.4. The molecule has 158 valence electrons. The van der Waals surface area contributed by atoms with Crippen LogP contribution >= 0.6 is 0 Å². The molecule has 2 aromatic rings. The Labute approximate surface area is 170 Å². The van der Waals surface area contributed by atoms with Gasteiger partial charge < -0.3 is 15.5 Å². The number of H-pyrrole nitrogens is 1. The van der Waals surface area contributed by atoms with Gasteiger partial charge in [-0.05, 0) is 30.9 Å². The minimum atomic E-state index is -1.12. The third-order valence-electron chi connectivity index (χ3n) is 5.40. The molecule has 0 spiro atoms. The summed E-state index contributed by atoms with van der Waals surface area (Å²) in [5, 5.41) is 5.01. The smallest absolute Gasteiger partial charge is 0.258 e. The molecule has 2 atom stereocenters. The summed E-state index contributed by atoms with van der Waals surface area (Å²) < 4.78 is 26.5. The number of nitrogens with one attached hydrogen (secondary N) is 3. The second kappa shape index (κ2) is 7.85. The Hall–Kier alpha value is -3.30. The lowest BCUT2D eigenvalue weighted by molar-refractivity contribution is -0.123. The van der Waals surface area contributed by atoms with Gasteiger partial charge in [-0.2, -0.15) is 4.98 Å². The summed E-state index contributed by atoms with van der Waals surface area (Å²) in [4.78, 5) is 46.8. The van der Waals surface area contributed by atoms with Gasteiger partial charge in [0, 0.05) is 31.3 Å². The first-order valence-corrected chi connectivity index (χ1v) is 9.76. The number of anilines is 3. The summed E-state index contributed by atoms with van der Waals surface area (Å²) >= 11 is 0. The van der Waals surface area contributed by atoms with Gasteiger partial charge in [-0.3, -0.25) is 19.4 Å². The fourth-order valence-corrected chi connectivity index (χ4v) is 3.92. The summed E-state index contributed by atoms with van der Waals surface area (Å²) in [5.41, 5.74) is -0.447. The monoisotopic (exact) mass is 417 g/mol. The Bertz CT molecular complexity index is 1070. The molecule has 1 saturated heterocycles. The van der Waals surface area contributed by atoms with Crippen LogP contribution in [0.5, 0.6) is 0 Å². The number of nitrogens with zero attached hydrogens (tertiary/aromatic N) is 2. The molecule has 2 amide bonds. The van der Waals surface area contributed by atoms with Gasteiger partial charge in [0.05, 0.1) is 11.5 Å². The van der Waals surface area contributed by atoms with Gasteiger partial charge in [0.15, 0.2) is 11.6 Å². The lowest BCUT2D eigenvalue weighted by Crippen LogP contribution is -2.40. The maximum atomic E-state index is 13.4. The zero-order valence-electron chi connectivity index (χ0n) is 16.3. The first-order valence-electron chi connectivity index (χ1n) is 9.76. The van der Waals surface area contributed by atoms with Crippen LogP contribution in [0.15, 0.2) is 23.0 Å². The Morgan fingerprint density at radius 2 is 2.07 bits per heavy atom. The van der Waals surface area contributed by atoms with E-state index in [2.05, 4.69) is 27.5 Å². The third kappa shape index (κ3) is 3.89. The molecular weight excluding hydrogens is 396 g/mol. The molecule has 10 heteroatoms. The highest BCUT2D eigenvalue weighted by Gasteiger charge is 2.35. The lowest BCUT2D eigenvalue weighted by atomic mass is 9.92. The fraction of sp³-hybridized carbons (Fsp3) is 0.400. The van der Waals surface area contributed by atoms with Gasteiger partial charge in [-0.15, -0.1) is 0 Å². The highest BCUT2D eigenvalue weighted by atomic mass is 19.2. The number of benzene rings is 1. The molecule has 1 aromatic heterocycles. The Morgan fingerprint density at radius 3 is 2.80 bits per heavy atom. The molecule has 1 aromatic carbocycles. The van der Waals surface area contributed by atoms with Crippen LogP contribution in [0.25, 0.3) is 0 Å². The molecule has 30 heavy (non-hydrogen) atoms. The van der Waals surface area contributed by atoms with Crippen molar-refractivity contribution in [1.29, 1.82) is 0 Å². The number of amides is 2. The van der Waals surface area contributed by atoms with Gasteiger partial charge in [-0.1, -0.05) is 6.92 Å². The topological polar surface area (TPSA) is 107 Å². The zero-order valence-corrected chi connectivity index (χ0v) is 16.3. The van der Waals surface area contributed by atoms with Crippen molar-refractivity contribution in [2.24, 2.45) is 5.92 Å². The predicted octanol–water partition coefficient (Wildman–Crippen LogP) is 2.35. The molecule has 0 radical (unpaired) electrons. The highest BCUT2D eigenvalue weighted by molar-refractivity contribution is 6.04. The summed E-state index contributed by atoms with van der Waals surface area (Å²) in [6.07, 6.45) is 1.80. The van der Waals surface area contributed by atoms with Crippen LogP contribution in [0.4, 0.5) is 26.2 Å². The Kier molecular flexibility index (Phi) is 5.23. The molecule has 0 aliphatic carbocycles. The Morgan fingerprint density at radius 1 is 1.27 bits per heavy atom. The molecule has 8 nitrogen and oxygen atoms in total. The maximum Gasteiger partial charge on any atom is 0.258 e. The summed E-state index contributed by atoms with van der Waals surface area (Å²) in [6, 6.07) is 2.91. The minimum Gasteiger partial charge on any atom is -0.342 e. The van der Waals surface area contributed by atoms with Crippen molar-refractivity contribution in [3.63, 3.8) is 0 Å². The molecule has 2 aliphatic rings. The van der Waals surface area contributed by atoms with E-state index in [0.717, 1.165) is 38.1 Å². The number of hydrogen-bond acceptors (Lipinski definition) is 5. The number of halogens is 2. The second-order valence-corrected chi connectivity index (χ2v) is 7.77. The quantitative estimate of drug-likeness (QED) is 0.711. The summed E-state index contributed by atoms with van der Waals surface area (Å²) in [5.74, 6) is -3.55. The van der Waals surface area contributed by atoms with Crippen molar-refractivity contribution in [2.45, 2.75) is 32.1 Å².